The number of nitrogens with zero attached hydrogens (tertiary/aromatic N) is 3. The van der Waals surface area contributed by atoms with Crippen LogP contribution in [-0.4, -0.2) is 41.6 Å². The van der Waals surface area contributed by atoms with E-state index in [9.17, 15) is 19.2 Å². The number of amides is 3. The number of nitrogens with one attached hydrogen (secondary N) is 1. The molecule has 3 aromatic carbocycles. The zero-order valence-corrected chi connectivity index (χ0v) is 24.4. The molecule has 1 N–H and O–H groups in total. The number of fused-ring (bicyclic) bond motifs is 2. The molecule has 8 nitrogen and oxygen atoms in total. The first kappa shape index (κ1) is 27.0. The highest BCUT2D eigenvalue weighted by Gasteiger charge is 2.56. The number of carbonyl (C=O) groups excluding carboxylic acids is 3. The number of anilines is 3. The molecule has 1 aromatic heterocycles. The number of hydrogen-bond acceptors (Lipinski definition) is 7. The van der Waals surface area contributed by atoms with Gasteiger partial charge in [0.15, 0.2) is 0 Å². The van der Waals surface area contributed by atoms with Crippen molar-refractivity contribution in [2.45, 2.75) is 29.7 Å². The highest BCUT2D eigenvalue weighted by Crippen LogP contribution is 2.54. The van der Waals surface area contributed by atoms with E-state index in [0.717, 1.165) is 28.2 Å². The van der Waals surface area contributed by atoms with Gasteiger partial charge in [-0.25, -0.2) is 4.90 Å². The van der Waals surface area contributed by atoms with E-state index in [2.05, 4.69) is 5.32 Å². The second kappa shape index (κ2) is 10.7. The lowest BCUT2D eigenvalue weighted by atomic mass is 9.83. The molecule has 6 rings (SSSR count). The van der Waals surface area contributed by atoms with Crippen LogP contribution in [0.3, 0.4) is 0 Å². The number of thiazole rings is 1. The highest BCUT2D eigenvalue weighted by atomic mass is 32.2. The number of rotatable bonds is 6. The van der Waals surface area contributed by atoms with Crippen LogP contribution in [0, 0.1) is 12.8 Å². The molecule has 0 unspecified atom stereocenters. The van der Waals surface area contributed by atoms with E-state index < -0.39 is 17.1 Å². The molecule has 3 atom stereocenters. The number of imide groups is 1. The molecule has 1 saturated heterocycles. The predicted molar refractivity (Wildman–Crippen MR) is 163 cm³/mol. The molecule has 3 heterocycles. The van der Waals surface area contributed by atoms with Gasteiger partial charge in [0.05, 0.1) is 16.6 Å². The minimum Gasteiger partial charge on any atom is -0.378 e. The maximum atomic E-state index is 14.0. The summed E-state index contributed by atoms with van der Waals surface area (Å²) in [6.45, 7) is 1.76. The smallest absolute Gasteiger partial charge is 0.308 e. The molecule has 41 heavy (non-hydrogen) atoms. The van der Waals surface area contributed by atoms with E-state index in [1.807, 2.05) is 80.5 Å². The Morgan fingerprint density at radius 3 is 2.24 bits per heavy atom. The van der Waals surface area contributed by atoms with Gasteiger partial charge in [-0.3, -0.25) is 23.7 Å². The van der Waals surface area contributed by atoms with E-state index in [0.29, 0.717) is 21.3 Å². The lowest BCUT2D eigenvalue weighted by Crippen LogP contribution is -2.33. The fourth-order valence-electron chi connectivity index (χ4n) is 5.41. The Balaban J connectivity index is 1.42. The van der Waals surface area contributed by atoms with Crippen LogP contribution in [0.25, 0.3) is 0 Å². The van der Waals surface area contributed by atoms with Crippen LogP contribution in [0.4, 0.5) is 17.1 Å². The fraction of sp³-hybridized carbons (Fsp3) is 0.226. The SMILES string of the molecule is Cc1ccc(N2C(=O)[C@H]3[C@H](c4ccc(N(C)C)cc4)c4sc(=O)n(CC(=O)Nc5ccccc5)c4S[C@H]3C2=O)cc1. The molecule has 1 fully saturated rings. The summed E-state index contributed by atoms with van der Waals surface area (Å²) in [5.74, 6) is -2.12. The van der Waals surface area contributed by atoms with Gasteiger partial charge < -0.3 is 10.2 Å². The zero-order valence-electron chi connectivity index (χ0n) is 22.7. The Labute approximate surface area is 245 Å². The van der Waals surface area contributed by atoms with Crippen molar-refractivity contribution in [1.82, 2.24) is 4.57 Å². The second-order valence-electron chi connectivity index (χ2n) is 10.4. The van der Waals surface area contributed by atoms with E-state index in [-0.39, 0.29) is 29.1 Å². The van der Waals surface area contributed by atoms with E-state index >= 15 is 0 Å². The molecule has 4 aromatic rings. The van der Waals surface area contributed by atoms with Crippen molar-refractivity contribution >= 4 is 57.9 Å². The first-order valence-electron chi connectivity index (χ1n) is 13.2. The lowest BCUT2D eigenvalue weighted by molar-refractivity contribution is -0.122. The fourth-order valence-corrected chi connectivity index (χ4v) is 8.18. The number of carbonyl (C=O) groups is 3. The normalized spacial score (nSPS) is 19.6. The molecular weight excluding hydrogens is 556 g/mol. The number of thioether (sulfide) groups is 1. The van der Waals surface area contributed by atoms with Gasteiger partial charge in [0.2, 0.25) is 17.7 Å². The van der Waals surface area contributed by atoms with E-state index in [1.54, 1.807) is 24.3 Å². The second-order valence-corrected chi connectivity index (χ2v) is 12.5. The molecular formula is C31H28N4O4S2. The van der Waals surface area contributed by atoms with Gasteiger partial charge in [-0.2, -0.15) is 0 Å². The molecule has 208 valence electrons. The van der Waals surface area contributed by atoms with Gasteiger partial charge in [0.1, 0.15) is 11.8 Å². The molecule has 10 heteroatoms. The van der Waals surface area contributed by atoms with Crippen LogP contribution in [0.2, 0.25) is 0 Å². The van der Waals surface area contributed by atoms with Crippen LogP contribution in [0.5, 0.6) is 0 Å². The average Bonchev–Trinajstić information content (AvgIpc) is 3.40. The van der Waals surface area contributed by atoms with Gasteiger partial charge in [0, 0.05) is 36.3 Å². The van der Waals surface area contributed by atoms with Gasteiger partial charge in [0.25, 0.3) is 0 Å². The summed E-state index contributed by atoms with van der Waals surface area (Å²) in [6, 6.07) is 24.2. The predicted octanol–water partition coefficient (Wildman–Crippen LogP) is 4.72. The maximum absolute atomic E-state index is 14.0. The Hall–Kier alpha value is -4.15. The molecule has 0 spiro atoms. The van der Waals surface area contributed by atoms with Crippen LogP contribution in [0.15, 0.2) is 88.7 Å². The average molecular weight is 585 g/mol. The number of hydrogen-bond donors (Lipinski definition) is 1. The Bertz CT molecular complexity index is 1690. The number of aryl methyl sites for hydroxylation is 1. The Morgan fingerprint density at radius 2 is 1.59 bits per heavy atom. The molecule has 2 aliphatic rings. The Kier molecular flexibility index (Phi) is 7.04. The molecule has 3 amide bonds. The zero-order chi connectivity index (χ0) is 28.8. The van der Waals surface area contributed by atoms with Crippen molar-refractivity contribution in [2.24, 2.45) is 5.92 Å². The largest absolute Gasteiger partial charge is 0.378 e. The summed E-state index contributed by atoms with van der Waals surface area (Å²) < 4.78 is 1.44. The summed E-state index contributed by atoms with van der Waals surface area (Å²) in [5.41, 5.74) is 4.03. The third-order valence-electron chi connectivity index (χ3n) is 7.47. The van der Waals surface area contributed by atoms with Crippen molar-refractivity contribution in [3.63, 3.8) is 0 Å². The topological polar surface area (TPSA) is 91.7 Å². The minimum absolute atomic E-state index is 0.194. The van der Waals surface area contributed by atoms with Gasteiger partial charge >= 0.3 is 4.87 Å². The number of para-hydroxylation sites is 1. The molecule has 0 saturated carbocycles. The van der Waals surface area contributed by atoms with Crippen LogP contribution in [-0.2, 0) is 20.9 Å². The van der Waals surface area contributed by atoms with E-state index in [1.165, 1.54) is 21.2 Å². The van der Waals surface area contributed by atoms with Gasteiger partial charge in [-0.05, 0) is 48.9 Å². The summed E-state index contributed by atoms with van der Waals surface area (Å²) >= 11 is 2.26. The quantitative estimate of drug-likeness (QED) is 0.330. The monoisotopic (exact) mass is 584 g/mol. The summed E-state index contributed by atoms with van der Waals surface area (Å²) in [4.78, 5) is 57.8. The van der Waals surface area contributed by atoms with Crippen molar-refractivity contribution in [1.29, 1.82) is 0 Å². The third kappa shape index (κ3) is 4.87. The lowest BCUT2D eigenvalue weighted by Gasteiger charge is -2.31. The first-order chi connectivity index (χ1) is 19.7. The maximum Gasteiger partial charge on any atom is 0.308 e. The summed E-state index contributed by atoms with van der Waals surface area (Å²) in [6.07, 6.45) is 0. The molecule has 0 aliphatic carbocycles. The van der Waals surface area contributed by atoms with Gasteiger partial charge in [-0.1, -0.05) is 71.1 Å². The standard InChI is InChI=1S/C31H28N4O4S2/c1-18-9-13-22(14-10-18)35-28(37)25-24(19-11-15-21(16-12-19)33(2)3)27-30(40-26(25)29(35)38)34(31(39)41-27)17-23(36)32-20-7-5-4-6-8-20/h4-16,24-26H,17H2,1-3H3,(H,32,36)/t24-,25-,26+/m0/s1. The van der Waals surface area contributed by atoms with Crippen molar-refractivity contribution in [3.8, 4) is 0 Å². The molecule has 2 aliphatic heterocycles. The van der Waals surface area contributed by atoms with Crippen LogP contribution in [0.1, 0.15) is 21.9 Å². The number of aromatic nitrogens is 1. The van der Waals surface area contributed by atoms with Crippen molar-refractivity contribution in [3.05, 3.63) is 105 Å². The Morgan fingerprint density at radius 1 is 0.902 bits per heavy atom. The summed E-state index contributed by atoms with van der Waals surface area (Å²) in [5, 5.41) is 2.67. The molecule has 0 bridgehead atoms. The van der Waals surface area contributed by atoms with Crippen LogP contribution < -0.4 is 20.0 Å². The first-order valence-corrected chi connectivity index (χ1v) is 14.9. The summed E-state index contributed by atoms with van der Waals surface area (Å²) in [7, 11) is 3.90. The molecule has 0 radical (unpaired) electrons. The van der Waals surface area contributed by atoms with Crippen LogP contribution >= 0.6 is 23.1 Å². The van der Waals surface area contributed by atoms with Crippen molar-refractivity contribution < 1.29 is 14.4 Å². The highest BCUT2D eigenvalue weighted by molar-refractivity contribution is 8.00. The minimum atomic E-state index is -0.729. The van der Waals surface area contributed by atoms with Crippen molar-refractivity contribution in [2.75, 3.05) is 29.2 Å². The number of benzene rings is 3. The van der Waals surface area contributed by atoms with Gasteiger partial charge in [-0.15, -0.1) is 0 Å². The van der Waals surface area contributed by atoms with E-state index in [4.69, 9.17) is 0 Å². The third-order valence-corrected chi connectivity index (χ3v) is 10.1.